The molecule has 0 aliphatic carbocycles. The van der Waals surface area contributed by atoms with Crippen LogP contribution in [0, 0.1) is 28.7 Å². The Morgan fingerprint density at radius 2 is 1.37 bits per heavy atom. The van der Waals surface area contributed by atoms with Crippen LogP contribution in [0.15, 0.2) is 64.7 Å². The number of ether oxygens (including phenoxy) is 2. The summed E-state index contributed by atoms with van der Waals surface area (Å²) in [6.07, 6.45) is -1.21. The Hall–Kier alpha value is -3.06. The number of nitrogens with zero attached hydrogens (tertiary/aromatic N) is 4. The highest BCUT2D eigenvalue weighted by molar-refractivity contribution is 8.20. The number of alkyl halides is 2. The molecule has 2 aliphatic heterocycles. The van der Waals surface area contributed by atoms with Crippen molar-refractivity contribution in [3.8, 4) is 5.95 Å². The summed E-state index contributed by atoms with van der Waals surface area (Å²) in [5, 5.41) is 59.0. The molecule has 0 radical (unpaired) electrons. The van der Waals surface area contributed by atoms with Crippen molar-refractivity contribution in [1.29, 1.82) is 0 Å². The number of H-pyrrole nitrogens is 2. The van der Waals surface area contributed by atoms with E-state index in [9.17, 15) is 52.9 Å². The van der Waals surface area contributed by atoms with Gasteiger partial charge in [0.15, 0.2) is 5.98 Å². The molecule has 0 saturated carbocycles. The van der Waals surface area contributed by atoms with Gasteiger partial charge in [0.2, 0.25) is 11.6 Å². The second kappa shape index (κ2) is 38.6. The first-order valence-corrected chi connectivity index (χ1v) is 29.4. The van der Waals surface area contributed by atoms with Gasteiger partial charge in [-0.2, -0.15) is 8.78 Å². The molecule has 26 nitrogen and oxygen atoms in total. The largest absolute Gasteiger partial charge is 0.481 e. The van der Waals surface area contributed by atoms with E-state index in [1.165, 1.54) is 30.3 Å². The van der Waals surface area contributed by atoms with Crippen molar-refractivity contribution in [2.24, 2.45) is 0 Å². The van der Waals surface area contributed by atoms with Gasteiger partial charge in [0.25, 0.3) is 17.1 Å². The van der Waals surface area contributed by atoms with Crippen molar-refractivity contribution in [3.63, 3.8) is 0 Å². The maximum Gasteiger partial charge on any atom is 0.433 e. The first-order chi connectivity index (χ1) is 36.1. The van der Waals surface area contributed by atoms with E-state index in [-0.39, 0.29) is 43.5 Å². The van der Waals surface area contributed by atoms with Crippen LogP contribution >= 0.6 is 83.1 Å². The van der Waals surface area contributed by atoms with E-state index in [4.69, 9.17) is 95.3 Å². The van der Waals surface area contributed by atoms with Crippen LogP contribution in [0.4, 0.5) is 14.7 Å². The molecular formula is C42H65Cl6F2N7O19P2. The number of rotatable bonds is 19. The molecule has 448 valence electrons. The quantitative estimate of drug-likeness (QED) is 0.0112. The summed E-state index contributed by atoms with van der Waals surface area (Å²) in [6.45, 7) is 7.20. The summed E-state index contributed by atoms with van der Waals surface area (Å²) >= 11 is 25.7. The average Bonchev–Trinajstić information content (AvgIpc) is 4.17. The van der Waals surface area contributed by atoms with Crippen LogP contribution in [0.3, 0.4) is 0 Å². The zero-order chi connectivity index (χ0) is 58.6. The lowest BCUT2D eigenvalue weighted by Crippen LogP contribution is -2.34. The van der Waals surface area contributed by atoms with Crippen LogP contribution in [-0.2, 0) is 34.6 Å². The van der Waals surface area contributed by atoms with Gasteiger partial charge in [0.1, 0.15) is 47.7 Å². The molecule has 78 heavy (non-hydrogen) atoms. The number of aliphatic hydroxyl groups excluding tert-OH is 3. The van der Waals surface area contributed by atoms with Crippen molar-refractivity contribution in [1.82, 2.24) is 29.1 Å². The fourth-order valence-electron chi connectivity index (χ4n) is 5.90. The molecule has 0 aromatic carbocycles. The molecule has 2 fully saturated rings. The van der Waals surface area contributed by atoms with E-state index in [0.29, 0.717) is 24.9 Å². The second-order valence-corrected chi connectivity index (χ2v) is 24.8. The Balaban J connectivity index is 0.00000115. The minimum Gasteiger partial charge on any atom is -0.481 e. The summed E-state index contributed by atoms with van der Waals surface area (Å²) in [7, 11) is -0.596. The first kappa shape index (κ1) is 74.9. The number of nitro groups is 1. The Kier molecular flexibility index (Phi) is 37.1. The van der Waals surface area contributed by atoms with Gasteiger partial charge in [-0.3, -0.25) is 53.1 Å². The number of aromatic hydroxyl groups is 1. The summed E-state index contributed by atoms with van der Waals surface area (Å²) in [6, 6.07) is 5.63. The molecule has 0 spiro atoms. The van der Waals surface area contributed by atoms with Crippen LogP contribution in [0.1, 0.15) is 83.3 Å². The lowest BCUT2D eigenvalue weighted by molar-refractivity contribution is -0.402. The van der Waals surface area contributed by atoms with E-state index < -0.39 is 121 Å². The average molecular weight is 1280 g/mol. The molecule has 0 bridgehead atoms. The molecule has 4 aromatic rings. The number of halogens is 8. The SMILES string of the molecule is CC(C)(C)OO.CN(CCCCCl)P(=O)(OCc1ccc([N+](=O)[O-])o1)OCC1OC(n2cc(F)c(=O)[nH]c2=O)CC1O.CNCCCCCl.Cc1ccc(O)o1.Cl.ClP(Cl)Cl.O=c1[nH]c(=O)n(C2CC(O)C(CO)O2)cc1F. The van der Waals surface area contributed by atoms with E-state index in [2.05, 4.69) is 14.6 Å². The third-order valence-corrected chi connectivity index (χ3v) is 12.3. The zero-order valence-electron chi connectivity index (χ0n) is 42.8. The number of nitrogens with one attached hydrogen (secondary N) is 3. The number of hydrogen-bond donors (Lipinski definition) is 8. The molecule has 7 unspecified atom stereocenters. The second-order valence-electron chi connectivity index (χ2n) is 16.9. The van der Waals surface area contributed by atoms with Crippen LogP contribution < -0.4 is 27.8 Å². The molecule has 4 aromatic heterocycles. The van der Waals surface area contributed by atoms with Crippen molar-refractivity contribution < 1.29 is 76.2 Å². The molecule has 0 amide bonds. The van der Waals surface area contributed by atoms with Crippen LogP contribution in [-0.4, -0.2) is 137 Å². The fraction of sp³-hybridized carbons (Fsp3) is 0.619. The van der Waals surface area contributed by atoms with Gasteiger partial charge < -0.3 is 44.1 Å². The zero-order valence-corrected chi connectivity index (χ0v) is 49.2. The van der Waals surface area contributed by atoms with Crippen molar-refractivity contribution in [2.45, 2.75) is 115 Å². The molecular weight excluding hydrogens is 1220 g/mol. The third-order valence-electron chi connectivity index (χ3n) is 9.75. The number of hydrogen-bond acceptors (Lipinski definition) is 20. The highest BCUT2D eigenvalue weighted by Crippen LogP contribution is 2.53. The van der Waals surface area contributed by atoms with Crippen molar-refractivity contribution in [3.05, 3.63) is 112 Å². The summed E-state index contributed by atoms with van der Waals surface area (Å²) in [5.41, 5.74) is -4.46. The number of aromatic amines is 2. The monoisotopic (exact) mass is 1280 g/mol. The van der Waals surface area contributed by atoms with E-state index in [0.717, 1.165) is 46.0 Å². The van der Waals surface area contributed by atoms with Gasteiger partial charge in [-0.25, -0.2) is 23.7 Å². The van der Waals surface area contributed by atoms with E-state index in [1.807, 2.05) is 7.05 Å². The minimum atomic E-state index is -4.03. The third kappa shape index (κ3) is 28.6. The van der Waals surface area contributed by atoms with Crippen LogP contribution in [0.2, 0.25) is 0 Å². The van der Waals surface area contributed by atoms with E-state index >= 15 is 0 Å². The number of unbranched alkanes of at least 4 members (excludes halogenated alkanes) is 2. The predicted molar refractivity (Wildman–Crippen MR) is 289 cm³/mol. The normalized spacial score (nSPS) is 19.3. The molecule has 2 saturated heterocycles. The lowest BCUT2D eigenvalue weighted by atomic mass is 10.2. The molecule has 6 heterocycles. The van der Waals surface area contributed by atoms with Crippen molar-refractivity contribution >= 4 is 88.9 Å². The standard InChI is InChI=1S/C19H25ClFN4O10P.C9H11FN2O5.C5H12ClN.C5H6O2.C4H10O2.Cl3P.ClH/c1-23(7-3-2-6-20)36(31,32-10-12-4-5-16(34-12)25(29)30)33-11-15-14(26)8-17(35-15)24-9-13(21)18(27)22-19(24)28;10-4-2-12(9(16)11-8(4)15)7-1-5(14)6(3-13)17-7;1-7-5-3-2-4-6;1-4-2-3-5(6)7-4;1-4(2,3)6-5;1-4(2)3;/h4-5,9,14-15,17,26H,2-3,6-8,10-11H2,1H3,(H,22,27,28);2,5-7,13-14H,1,3H2,(H,11,15,16);7H,2-5H2,1H3;2-3,6H,1H3;5H,1-3H3;;1H. The molecule has 7 atom stereocenters. The molecule has 36 heteroatoms. The van der Waals surface area contributed by atoms with Gasteiger partial charge in [-0.15, -0.1) is 35.6 Å². The summed E-state index contributed by atoms with van der Waals surface area (Å²) in [5.74, 6) is -2.10. The highest BCUT2D eigenvalue weighted by atomic mass is 36.0. The Bertz CT molecular complexity index is 2600. The van der Waals surface area contributed by atoms with Crippen molar-refractivity contribution in [2.75, 3.05) is 52.2 Å². The number of furan rings is 2. The predicted octanol–water partition coefficient (Wildman–Crippen LogP) is 7.58. The first-order valence-electron chi connectivity index (χ1n) is 22.8. The molecule has 2 aliphatic rings. The lowest BCUT2D eigenvalue weighted by Gasteiger charge is -2.28. The van der Waals surface area contributed by atoms with Gasteiger partial charge in [-0.1, -0.05) is 33.7 Å². The number of aromatic nitrogens is 4. The van der Waals surface area contributed by atoms with Gasteiger partial charge in [-0.05, 0) is 86.2 Å². The Morgan fingerprint density at radius 1 is 0.885 bits per heavy atom. The van der Waals surface area contributed by atoms with Gasteiger partial charge in [0.05, 0.1) is 49.5 Å². The van der Waals surface area contributed by atoms with Gasteiger partial charge in [0, 0.05) is 37.2 Å². The number of aryl methyl sites for hydroxylation is 1. The molecule has 6 rings (SSSR count). The van der Waals surface area contributed by atoms with Crippen LogP contribution in [0.25, 0.3) is 0 Å². The maximum absolute atomic E-state index is 13.6. The van der Waals surface area contributed by atoms with Gasteiger partial charge >= 0.3 is 25.0 Å². The highest BCUT2D eigenvalue weighted by Gasteiger charge is 2.40. The maximum atomic E-state index is 13.6. The molecule has 8 N–H and O–H groups in total. The minimum absolute atomic E-state index is 0. The van der Waals surface area contributed by atoms with E-state index in [1.54, 1.807) is 43.7 Å². The fourth-order valence-corrected chi connectivity index (χ4v) is 7.76. The number of aliphatic hydroxyl groups is 3. The summed E-state index contributed by atoms with van der Waals surface area (Å²) in [4.78, 5) is 63.1. The summed E-state index contributed by atoms with van der Waals surface area (Å²) < 4.78 is 74.6. The van der Waals surface area contributed by atoms with Crippen LogP contribution in [0.5, 0.6) is 5.95 Å². The Morgan fingerprint density at radius 3 is 1.76 bits per heavy atom. The topological polar surface area (TPSA) is 359 Å². The smallest absolute Gasteiger partial charge is 0.433 e. The Labute approximate surface area is 476 Å².